The first-order valence-electron chi connectivity index (χ1n) is 13.8. The molecule has 19 heteroatoms. The molecule has 2 heterocycles. The van der Waals surface area contributed by atoms with Crippen molar-refractivity contribution in [3.63, 3.8) is 0 Å². The van der Waals surface area contributed by atoms with Gasteiger partial charge in [0.05, 0.1) is 6.54 Å². The van der Waals surface area contributed by atoms with Crippen molar-refractivity contribution in [1.29, 1.82) is 5.41 Å². The third kappa shape index (κ3) is 28.1. The minimum Gasteiger partial charge on any atom is -0.480 e. The van der Waals surface area contributed by atoms with Gasteiger partial charge in [0.1, 0.15) is 24.2 Å². The molecule has 0 spiro atoms. The van der Waals surface area contributed by atoms with Crippen LogP contribution in [0, 0.1) is 11.3 Å². The van der Waals surface area contributed by atoms with Crippen LogP contribution in [-0.2, 0) is 28.8 Å². The van der Waals surface area contributed by atoms with Crippen LogP contribution < -0.4 is 38.5 Å². The van der Waals surface area contributed by atoms with Gasteiger partial charge in [-0.25, -0.2) is 4.79 Å². The third-order valence-corrected chi connectivity index (χ3v) is 5.51. The summed E-state index contributed by atoms with van der Waals surface area (Å²) in [5.41, 5.74) is 14.8. The highest BCUT2D eigenvalue weighted by Gasteiger charge is 2.22. The van der Waals surface area contributed by atoms with Crippen molar-refractivity contribution in [3.05, 3.63) is 0 Å². The average molecular weight is 639 g/mol. The van der Waals surface area contributed by atoms with Crippen LogP contribution in [-0.4, -0.2) is 118 Å². The van der Waals surface area contributed by atoms with Gasteiger partial charge >= 0.3 is 29.8 Å². The molecule has 0 saturated carbocycles. The van der Waals surface area contributed by atoms with Crippen molar-refractivity contribution < 1.29 is 54.3 Å². The molecule has 2 aliphatic heterocycles. The van der Waals surface area contributed by atoms with E-state index in [1.807, 2.05) is 0 Å². The molecule has 0 aromatic heterocycles. The number of aliphatic carboxylic acids is 5. The predicted molar refractivity (Wildman–Crippen MR) is 159 cm³/mol. The van der Waals surface area contributed by atoms with Crippen molar-refractivity contribution in [2.45, 2.75) is 83.5 Å². The molecule has 0 radical (unpaired) electrons. The molecule has 2 unspecified atom stereocenters. The van der Waals surface area contributed by atoms with Gasteiger partial charge < -0.3 is 64.0 Å². The Hall–Kier alpha value is -4.07. The molecule has 1 amide bonds. The summed E-state index contributed by atoms with van der Waals surface area (Å²) in [6.07, 6.45) is 4.54. The standard InChI is InChI=1S/C7H13NO3.C6H14N4O2.2C5H9NO2.C2H5NO2/c1-4(2)6(7(10)11)8-5(3)9;7-4(5(11)12)2-1-3-10-6(8)9;2*7-5(8)4-2-1-3-6-4;3-1-2(4)5/h4,6H,1-3H3,(H,8,9)(H,10,11);4H,1-3,7H2,(H,11,12)(H4,8,9,10);2*4,6H,1-3H2,(H,7,8);1,3H2,(H,4,5)/t;;2*4-;/m..00./s1. The topological polar surface area (TPSA) is 354 Å². The van der Waals surface area contributed by atoms with Gasteiger partial charge in [-0.15, -0.1) is 0 Å². The minimum absolute atomic E-state index is 0.0867. The fraction of sp³-hybridized carbons (Fsp3) is 0.720. The summed E-state index contributed by atoms with van der Waals surface area (Å²) in [5, 5.41) is 58.6. The van der Waals surface area contributed by atoms with E-state index < -0.39 is 41.9 Å². The fourth-order valence-electron chi connectivity index (χ4n) is 3.19. The lowest BCUT2D eigenvalue weighted by atomic mass is 10.1. The lowest BCUT2D eigenvalue weighted by Gasteiger charge is -2.16. The minimum atomic E-state index is -1.00. The molecule has 2 fully saturated rings. The highest BCUT2D eigenvalue weighted by Crippen LogP contribution is 2.04. The molecule has 2 saturated heterocycles. The zero-order chi connectivity index (χ0) is 34.8. The highest BCUT2D eigenvalue weighted by molar-refractivity contribution is 5.82. The van der Waals surface area contributed by atoms with Gasteiger partial charge in [0, 0.05) is 13.5 Å². The normalized spacial score (nSPS) is 17.6. The summed E-state index contributed by atoms with van der Waals surface area (Å²) in [6.45, 7) is 6.71. The van der Waals surface area contributed by atoms with Gasteiger partial charge in [-0.1, -0.05) is 13.8 Å². The molecule has 256 valence electrons. The van der Waals surface area contributed by atoms with E-state index in [0.717, 1.165) is 38.8 Å². The number of carbonyl (C=O) groups is 6. The number of hydrogen-bond acceptors (Lipinski definition) is 11. The Morgan fingerprint density at radius 2 is 1.32 bits per heavy atom. The summed E-state index contributed by atoms with van der Waals surface area (Å²) >= 11 is 0. The number of hydrogen-bond donors (Lipinski definition) is 13. The Balaban J connectivity index is -0.000000489. The summed E-state index contributed by atoms with van der Waals surface area (Å²) in [7, 11) is 0. The van der Waals surface area contributed by atoms with Crippen molar-refractivity contribution in [2.75, 3.05) is 26.2 Å². The first kappa shape index (κ1) is 44.4. The smallest absolute Gasteiger partial charge is 0.326 e. The Morgan fingerprint density at radius 3 is 1.50 bits per heavy atom. The van der Waals surface area contributed by atoms with Gasteiger partial charge in [-0.3, -0.25) is 29.4 Å². The maximum atomic E-state index is 10.5. The van der Waals surface area contributed by atoms with Gasteiger partial charge in [0.2, 0.25) is 5.91 Å². The summed E-state index contributed by atoms with van der Waals surface area (Å²) in [6, 6.07) is -2.13. The number of guanidine groups is 1. The SMILES string of the molecule is CC(=O)NC(C(=O)O)C(C)C.N=C(N)NCCCC(N)C(=O)O.NCC(=O)O.O=C(O)[C@@H]1CCCN1.O=C(O)[C@@H]1CCCN1. The number of carboxylic acid groups (broad SMARTS) is 5. The van der Waals surface area contributed by atoms with E-state index in [9.17, 15) is 28.8 Å². The Bertz CT molecular complexity index is 867. The Kier molecular flexibility index (Phi) is 26.8. The van der Waals surface area contributed by atoms with E-state index in [4.69, 9.17) is 42.4 Å². The quantitative estimate of drug-likeness (QED) is 0.0635. The van der Waals surface area contributed by atoms with E-state index >= 15 is 0 Å². The third-order valence-electron chi connectivity index (χ3n) is 5.51. The van der Waals surface area contributed by atoms with Crippen molar-refractivity contribution in [2.24, 2.45) is 23.1 Å². The predicted octanol–water partition coefficient (Wildman–Crippen LogP) is -2.43. The van der Waals surface area contributed by atoms with Crippen molar-refractivity contribution in [3.8, 4) is 0 Å². The average Bonchev–Trinajstić information content (AvgIpc) is 3.66. The molecular formula is C25H50N8O11. The number of carboxylic acids is 5. The van der Waals surface area contributed by atoms with Gasteiger partial charge in [-0.05, 0) is 57.5 Å². The van der Waals surface area contributed by atoms with Crippen LogP contribution in [0.15, 0.2) is 0 Å². The molecular weight excluding hydrogens is 588 g/mol. The molecule has 0 bridgehead atoms. The first-order valence-corrected chi connectivity index (χ1v) is 13.8. The van der Waals surface area contributed by atoms with Crippen LogP contribution in [0.1, 0.15) is 59.3 Å². The van der Waals surface area contributed by atoms with E-state index in [-0.39, 0.29) is 36.4 Å². The second-order valence-corrected chi connectivity index (χ2v) is 9.76. The zero-order valence-electron chi connectivity index (χ0n) is 25.4. The van der Waals surface area contributed by atoms with Gasteiger partial charge in [0.15, 0.2) is 5.96 Å². The van der Waals surface area contributed by atoms with Crippen LogP contribution in [0.5, 0.6) is 0 Å². The van der Waals surface area contributed by atoms with Crippen LogP contribution >= 0.6 is 0 Å². The van der Waals surface area contributed by atoms with Crippen molar-refractivity contribution >= 4 is 41.7 Å². The highest BCUT2D eigenvalue weighted by atomic mass is 16.4. The number of amides is 1. The molecule has 16 N–H and O–H groups in total. The van der Waals surface area contributed by atoms with Crippen LogP contribution in [0.4, 0.5) is 0 Å². The molecule has 19 nitrogen and oxygen atoms in total. The van der Waals surface area contributed by atoms with E-state index in [0.29, 0.717) is 19.4 Å². The Morgan fingerprint density at radius 1 is 0.886 bits per heavy atom. The summed E-state index contributed by atoms with van der Waals surface area (Å²) < 4.78 is 0. The second kappa shape index (κ2) is 26.5. The van der Waals surface area contributed by atoms with Crippen LogP contribution in [0.2, 0.25) is 0 Å². The molecule has 4 atom stereocenters. The molecule has 0 aromatic carbocycles. The van der Waals surface area contributed by atoms with Gasteiger partial charge in [-0.2, -0.15) is 0 Å². The van der Waals surface area contributed by atoms with Gasteiger partial charge in [0.25, 0.3) is 0 Å². The monoisotopic (exact) mass is 638 g/mol. The molecule has 2 aliphatic rings. The Labute approximate surface area is 255 Å². The lowest BCUT2D eigenvalue weighted by molar-refractivity contribution is -0.143. The maximum Gasteiger partial charge on any atom is 0.326 e. The zero-order valence-corrected chi connectivity index (χ0v) is 25.4. The van der Waals surface area contributed by atoms with Crippen molar-refractivity contribution in [1.82, 2.24) is 21.3 Å². The van der Waals surface area contributed by atoms with E-state index in [2.05, 4.69) is 27.0 Å². The fourth-order valence-corrected chi connectivity index (χ4v) is 3.19. The maximum absolute atomic E-state index is 10.5. The summed E-state index contributed by atoms with van der Waals surface area (Å²) in [4.78, 5) is 60.7. The first-order chi connectivity index (χ1) is 20.4. The van der Waals surface area contributed by atoms with Crippen LogP contribution in [0.25, 0.3) is 0 Å². The molecule has 2 rings (SSSR count). The van der Waals surface area contributed by atoms with Crippen LogP contribution in [0.3, 0.4) is 0 Å². The second-order valence-electron chi connectivity index (χ2n) is 9.76. The lowest BCUT2D eigenvalue weighted by Crippen LogP contribution is -2.43. The number of rotatable bonds is 11. The molecule has 0 aliphatic carbocycles. The van der Waals surface area contributed by atoms with E-state index in [1.165, 1.54) is 6.92 Å². The largest absolute Gasteiger partial charge is 0.480 e. The molecule has 0 aromatic rings. The number of carbonyl (C=O) groups excluding carboxylic acids is 1. The number of nitrogens with two attached hydrogens (primary N) is 3. The number of nitrogens with one attached hydrogen (secondary N) is 5. The van der Waals surface area contributed by atoms with E-state index in [1.54, 1.807) is 13.8 Å². The molecule has 44 heavy (non-hydrogen) atoms. The summed E-state index contributed by atoms with van der Waals surface area (Å²) in [5.74, 6) is -4.91.